The molecule has 0 saturated carbocycles. The maximum absolute atomic E-state index is 12.4. The fourth-order valence-electron chi connectivity index (χ4n) is 0.757. The first-order chi connectivity index (χ1) is 7.53. The van der Waals surface area contributed by atoms with Crippen molar-refractivity contribution in [2.45, 2.75) is 25.4 Å². The van der Waals surface area contributed by atoms with Crippen molar-refractivity contribution in [1.29, 1.82) is 0 Å². The summed E-state index contributed by atoms with van der Waals surface area (Å²) in [6, 6.07) is 0. The van der Waals surface area contributed by atoms with Crippen LogP contribution in [-0.2, 0) is 9.53 Å². The van der Waals surface area contributed by atoms with Crippen molar-refractivity contribution in [3.05, 3.63) is 11.7 Å². The highest BCUT2D eigenvalue weighted by molar-refractivity contribution is 5.88. The molecule has 0 fully saturated rings. The molecule has 0 bridgehead atoms. The Morgan fingerprint density at radius 2 is 1.59 bits per heavy atom. The first kappa shape index (κ1) is 15.7. The van der Waals surface area contributed by atoms with Crippen LogP contribution in [0.15, 0.2) is 11.7 Å². The van der Waals surface area contributed by atoms with Crippen LogP contribution >= 0.6 is 0 Å². The van der Waals surface area contributed by atoms with Crippen LogP contribution in [0.1, 0.15) is 13.3 Å². The highest BCUT2D eigenvalue weighted by atomic mass is 19.4. The minimum absolute atomic E-state index is 0.423. The van der Waals surface area contributed by atoms with E-state index in [9.17, 15) is 35.5 Å². The molecule has 0 aromatic heterocycles. The molecule has 0 heterocycles. The van der Waals surface area contributed by atoms with Crippen molar-refractivity contribution in [2.75, 3.05) is 6.61 Å². The van der Waals surface area contributed by atoms with Crippen molar-refractivity contribution < 1.29 is 40.3 Å². The maximum Gasteiger partial charge on any atom is 0.453 e. The van der Waals surface area contributed by atoms with E-state index in [0.29, 0.717) is 0 Å². The van der Waals surface area contributed by atoms with Gasteiger partial charge in [-0.15, -0.1) is 0 Å². The fraction of sp³-hybridized carbons (Fsp3) is 0.625. The standard InChI is InChI=1S/C8H7F7O2/c1-2-17-6(16)4(5(9)10)3-7(11,12)8(13,14)15/h2-3H2,1H3. The first-order valence-corrected chi connectivity index (χ1v) is 4.18. The van der Waals surface area contributed by atoms with Crippen molar-refractivity contribution in [2.24, 2.45) is 0 Å². The van der Waals surface area contributed by atoms with Crippen LogP contribution in [0, 0.1) is 0 Å². The molecular weight excluding hydrogens is 261 g/mol. The number of carbonyl (C=O) groups excluding carboxylic acids is 1. The predicted molar refractivity (Wildman–Crippen MR) is 41.5 cm³/mol. The summed E-state index contributed by atoms with van der Waals surface area (Å²) in [6.07, 6.45) is -11.4. The molecule has 0 radical (unpaired) electrons. The Morgan fingerprint density at radius 1 is 1.12 bits per heavy atom. The van der Waals surface area contributed by atoms with Gasteiger partial charge in [-0.05, 0) is 6.92 Å². The van der Waals surface area contributed by atoms with Crippen LogP contribution in [0.25, 0.3) is 0 Å². The molecule has 17 heavy (non-hydrogen) atoms. The largest absolute Gasteiger partial charge is 0.462 e. The summed E-state index contributed by atoms with van der Waals surface area (Å²) in [4.78, 5) is 10.7. The van der Waals surface area contributed by atoms with Gasteiger partial charge in [-0.3, -0.25) is 0 Å². The van der Waals surface area contributed by atoms with E-state index in [2.05, 4.69) is 4.74 Å². The van der Waals surface area contributed by atoms with Gasteiger partial charge in [0.05, 0.1) is 13.0 Å². The number of hydrogen-bond donors (Lipinski definition) is 0. The van der Waals surface area contributed by atoms with E-state index in [1.807, 2.05) is 0 Å². The van der Waals surface area contributed by atoms with Crippen LogP contribution in [0.2, 0.25) is 0 Å². The van der Waals surface area contributed by atoms with E-state index in [0.717, 1.165) is 0 Å². The average Bonchev–Trinajstić information content (AvgIpc) is 2.12. The smallest absolute Gasteiger partial charge is 0.453 e. The van der Waals surface area contributed by atoms with E-state index in [4.69, 9.17) is 0 Å². The summed E-state index contributed by atoms with van der Waals surface area (Å²) in [5.41, 5.74) is -1.98. The summed E-state index contributed by atoms with van der Waals surface area (Å²) in [7, 11) is 0. The van der Waals surface area contributed by atoms with Gasteiger partial charge in [-0.25, -0.2) is 4.79 Å². The molecule has 100 valence electrons. The zero-order valence-corrected chi connectivity index (χ0v) is 8.38. The molecule has 0 N–H and O–H groups in total. The predicted octanol–water partition coefficient (Wildman–Crippen LogP) is 3.29. The summed E-state index contributed by atoms with van der Waals surface area (Å²) in [6.45, 7) is 0.765. The van der Waals surface area contributed by atoms with E-state index in [1.165, 1.54) is 6.92 Å². The van der Waals surface area contributed by atoms with E-state index >= 15 is 0 Å². The number of rotatable bonds is 4. The van der Waals surface area contributed by atoms with Gasteiger partial charge in [0, 0.05) is 0 Å². The summed E-state index contributed by atoms with van der Waals surface area (Å²) >= 11 is 0. The summed E-state index contributed by atoms with van der Waals surface area (Å²) in [5, 5.41) is 0. The van der Waals surface area contributed by atoms with Gasteiger partial charge in [0.1, 0.15) is 5.57 Å². The highest BCUT2D eigenvalue weighted by Crippen LogP contribution is 2.40. The molecule has 2 nitrogen and oxygen atoms in total. The average molecular weight is 268 g/mol. The van der Waals surface area contributed by atoms with Gasteiger partial charge >= 0.3 is 18.1 Å². The Labute approximate surface area is 91.0 Å². The third kappa shape index (κ3) is 4.23. The lowest BCUT2D eigenvalue weighted by atomic mass is 10.1. The molecular formula is C8H7F7O2. The molecule has 0 aliphatic rings. The van der Waals surface area contributed by atoms with Gasteiger partial charge in [0.2, 0.25) is 0 Å². The number of hydrogen-bond acceptors (Lipinski definition) is 2. The van der Waals surface area contributed by atoms with Crippen molar-refractivity contribution in [3.63, 3.8) is 0 Å². The van der Waals surface area contributed by atoms with Crippen LogP contribution in [0.3, 0.4) is 0 Å². The number of ether oxygens (including phenoxy) is 1. The van der Waals surface area contributed by atoms with Gasteiger partial charge in [0.15, 0.2) is 0 Å². The zero-order chi connectivity index (χ0) is 13.9. The SMILES string of the molecule is CCOC(=O)C(CC(F)(F)C(F)(F)F)=C(F)F. The summed E-state index contributed by atoms with van der Waals surface area (Å²) < 4.78 is 88.2. The van der Waals surface area contributed by atoms with Crippen LogP contribution < -0.4 is 0 Å². The van der Waals surface area contributed by atoms with E-state index in [1.54, 1.807) is 0 Å². The Bertz CT molecular complexity index is 314. The van der Waals surface area contributed by atoms with E-state index in [-0.39, 0.29) is 0 Å². The van der Waals surface area contributed by atoms with Crippen molar-refractivity contribution in [3.8, 4) is 0 Å². The van der Waals surface area contributed by atoms with Gasteiger partial charge in [-0.2, -0.15) is 30.7 Å². The normalized spacial score (nSPS) is 12.2. The minimum Gasteiger partial charge on any atom is -0.462 e. The molecule has 0 amide bonds. The van der Waals surface area contributed by atoms with Crippen molar-refractivity contribution in [1.82, 2.24) is 0 Å². The third-order valence-corrected chi connectivity index (χ3v) is 1.56. The molecule has 0 aliphatic heterocycles. The molecule has 0 rings (SSSR count). The molecule has 0 aromatic carbocycles. The maximum atomic E-state index is 12.4. The second kappa shape index (κ2) is 5.37. The monoisotopic (exact) mass is 268 g/mol. The Morgan fingerprint density at radius 3 is 1.88 bits per heavy atom. The van der Waals surface area contributed by atoms with E-state index < -0.39 is 42.7 Å². The quantitative estimate of drug-likeness (QED) is 0.444. The molecule has 0 spiro atoms. The van der Waals surface area contributed by atoms with Crippen LogP contribution in [-0.4, -0.2) is 24.7 Å². The molecule has 0 saturated heterocycles. The Kier molecular flexibility index (Phi) is 4.96. The molecule has 0 atom stereocenters. The fourth-order valence-corrected chi connectivity index (χ4v) is 0.757. The highest BCUT2D eigenvalue weighted by Gasteiger charge is 2.58. The zero-order valence-electron chi connectivity index (χ0n) is 8.38. The third-order valence-electron chi connectivity index (χ3n) is 1.56. The van der Waals surface area contributed by atoms with Crippen LogP contribution in [0.5, 0.6) is 0 Å². The summed E-state index contributed by atoms with van der Waals surface area (Å²) in [5.74, 6) is -7.31. The number of carbonyl (C=O) groups is 1. The molecule has 0 aliphatic carbocycles. The van der Waals surface area contributed by atoms with Gasteiger partial charge in [-0.1, -0.05) is 0 Å². The Hall–Kier alpha value is -1.28. The van der Waals surface area contributed by atoms with Gasteiger partial charge in [0.25, 0.3) is 6.08 Å². The second-order valence-corrected chi connectivity index (χ2v) is 2.84. The Balaban J connectivity index is 5.06. The van der Waals surface area contributed by atoms with Crippen LogP contribution in [0.4, 0.5) is 30.7 Å². The van der Waals surface area contributed by atoms with Gasteiger partial charge < -0.3 is 4.74 Å². The minimum atomic E-state index is -6.01. The number of halogens is 7. The number of alkyl halides is 5. The topological polar surface area (TPSA) is 26.3 Å². The lowest BCUT2D eigenvalue weighted by Gasteiger charge is -2.19. The lowest BCUT2D eigenvalue weighted by molar-refractivity contribution is -0.281. The lowest BCUT2D eigenvalue weighted by Crippen LogP contribution is -2.37. The molecule has 9 heteroatoms. The molecule has 0 aromatic rings. The van der Waals surface area contributed by atoms with Crippen molar-refractivity contribution >= 4 is 5.97 Å². The number of esters is 1. The second-order valence-electron chi connectivity index (χ2n) is 2.84. The first-order valence-electron chi connectivity index (χ1n) is 4.18. The molecule has 0 unspecified atom stereocenters.